The minimum absolute atomic E-state index is 0.0525. The van der Waals surface area contributed by atoms with Crippen molar-refractivity contribution in [1.29, 1.82) is 5.26 Å². The summed E-state index contributed by atoms with van der Waals surface area (Å²) in [6, 6.07) is 8.79. The first-order valence-corrected chi connectivity index (χ1v) is 6.89. The second-order valence-corrected chi connectivity index (χ2v) is 5.40. The largest absolute Gasteiger partial charge is 0.366 e. The summed E-state index contributed by atoms with van der Waals surface area (Å²) in [5, 5.41) is 11.5. The number of hydrogen-bond acceptors (Lipinski definition) is 3. The Labute approximate surface area is 120 Å². The van der Waals surface area contributed by atoms with Crippen molar-refractivity contribution < 1.29 is 9.53 Å². The second kappa shape index (κ2) is 7.66. The van der Waals surface area contributed by atoms with Gasteiger partial charge in [-0.05, 0) is 50.5 Å². The molecule has 0 saturated carbocycles. The molecule has 1 aromatic rings. The summed E-state index contributed by atoms with van der Waals surface area (Å²) in [5.41, 5.74) is 1.24. The number of hydrogen-bond donors (Lipinski definition) is 1. The number of carbonyl (C=O) groups is 1. The van der Waals surface area contributed by atoms with Crippen LogP contribution in [0.5, 0.6) is 0 Å². The number of carbonyl (C=O) groups excluding carboxylic acids is 1. The molecule has 0 fully saturated rings. The third-order valence-electron chi connectivity index (χ3n) is 2.89. The van der Waals surface area contributed by atoms with Crippen molar-refractivity contribution in [3.8, 4) is 6.07 Å². The average Bonchev–Trinajstić information content (AvgIpc) is 2.38. The van der Waals surface area contributed by atoms with Gasteiger partial charge in [0.2, 0.25) is 0 Å². The van der Waals surface area contributed by atoms with Crippen LogP contribution in [-0.4, -0.2) is 18.1 Å². The molecule has 2 atom stereocenters. The van der Waals surface area contributed by atoms with Crippen molar-refractivity contribution in [2.24, 2.45) is 5.92 Å². The molecule has 108 valence electrons. The van der Waals surface area contributed by atoms with Crippen molar-refractivity contribution in [1.82, 2.24) is 0 Å². The number of anilines is 1. The molecule has 0 aliphatic carbocycles. The quantitative estimate of drug-likeness (QED) is 0.865. The van der Waals surface area contributed by atoms with Gasteiger partial charge in [-0.2, -0.15) is 5.26 Å². The summed E-state index contributed by atoms with van der Waals surface area (Å²) in [7, 11) is 0. The van der Waals surface area contributed by atoms with Gasteiger partial charge in [-0.25, -0.2) is 0 Å². The lowest BCUT2D eigenvalue weighted by atomic mass is 10.1. The molecule has 1 aromatic carbocycles. The number of nitriles is 1. The zero-order valence-corrected chi connectivity index (χ0v) is 12.5. The van der Waals surface area contributed by atoms with E-state index in [9.17, 15) is 4.79 Å². The van der Waals surface area contributed by atoms with E-state index in [1.807, 2.05) is 13.0 Å². The van der Waals surface area contributed by atoms with Crippen molar-refractivity contribution in [3.63, 3.8) is 0 Å². The summed E-state index contributed by atoms with van der Waals surface area (Å²) in [5.74, 6) is 0.365. The highest BCUT2D eigenvalue weighted by atomic mass is 16.5. The Bertz CT molecular complexity index is 474. The fourth-order valence-electron chi connectivity index (χ4n) is 2.00. The Morgan fingerprint density at radius 1 is 1.25 bits per heavy atom. The summed E-state index contributed by atoms with van der Waals surface area (Å²) in [6.07, 6.45) is 0.477. The minimum Gasteiger partial charge on any atom is -0.366 e. The summed E-state index contributed by atoms with van der Waals surface area (Å²) in [4.78, 5) is 12.0. The molecule has 2 unspecified atom stereocenters. The lowest BCUT2D eigenvalue weighted by Gasteiger charge is -2.20. The van der Waals surface area contributed by atoms with Crippen LogP contribution in [0, 0.1) is 17.2 Å². The molecule has 0 saturated heterocycles. The van der Waals surface area contributed by atoms with Gasteiger partial charge in [-0.1, -0.05) is 13.8 Å². The highest BCUT2D eigenvalue weighted by molar-refractivity contribution is 5.93. The van der Waals surface area contributed by atoms with E-state index < -0.39 is 6.10 Å². The number of ether oxygens (including phenoxy) is 1. The van der Waals surface area contributed by atoms with Gasteiger partial charge in [0, 0.05) is 5.69 Å². The third-order valence-corrected chi connectivity index (χ3v) is 2.89. The number of amides is 1. The summed E-state index contributed by atoms with van der Waals surface area (Å²) < 4.78 is 5.68. The van der Waals surface area contributed by atoms with E-state index in [0.29, 0.717) is 17.2 Å². The van der Waals surface area contributed by atoms with E-state index in [1.165, 1.54) is 0 Å². The molecule has 0 aromatic heterocycles. The normalized spacial score (nSPS) is 13.6. The number of nitrogens with zero attached hydrogens (tertiary/aromatic N) is 1. The molecule has 4 heteroatoms. The van der Waals surface area contributed by atoms with Crippen LogP contribution in [0.3, 0.4) is 0 Å². The van der Waals surface area contributed by atoms with Crippen molar-refractivity contribution in [2.75, 3.05) is 5.32 Å². The van der Waals surface area contributed by atoms with E-state index in [2.05, 4.69) is 19.2 Å². The van der Waals surface area contributed by atoms with E-state index in [1.54, 1.807) is 31.2 Å². The van der Waals surface area contributed by atoms with Gasteiger partial charge < -0.3 is 10.1 Å². The number of nitrogens with one attached hydrogen (secondary N) is 1. The average molecular weight is 274 g/mol. The maximum atomic E-state index is 12.0. The highest BCUT2D eigenvalue weighted by Crippen LogP contribution is 2.12. The smallest absolute Gasteiger partial charge is 0.253 e. The molecule has 1 N–H and O–H groups in total. The van der Waals surface area contributed by atoms with Crippen LogP contribution in [-0.2, 0) is 9.53 Å². The summed E-state index contributed by atoms with van der Waals surface area (Å²) >= 11 is 0. The van der Waals surface area contributed by atoms with E-state index in [-0.39, 0.29) is 12.0 Å². The molecule has 1 amide bonds. The maximum absolute atomic E-state index is 12.0. The highest BCUT2D eigenvalue weighted by Gasteiger charge is 2.17. The molecule has 0 spiro atoms. The van der Waals surface area contributed by atoms with Gasteiger partial charge in [0.05, 0.1) is 17.7 Å². The van der Waals surface area contributed by atoms with Gasteiger partial charge in [0.1, 0.15) is 6.10 Å². The van der Waals surface area contributed by atoms with Crippen molar-refractivity contribution in [3.05, 3.63) is 29.8 Å². The molecule has 4 nitrogen and oxygen atoms in total. The predicted molar refractivity (Wildman–Crippen MR) is 79.3 cm³/mol. The number of benzene rings is 1. The zero-order chi connectivity index (χ0) is 15.1. The van der Waals surface area contributed by atoms with E-state index >= 15 is 0 Å². The molecule has 0 bridgehead atoms. The minimum atomic E-state index is -0.501. The van der Waals surface area contributed by atoms with Crippen LogP contribution >= 0.6 is 0 Å². The van der Waals surface area contributed by atoms with Crippen LogP contribution in [0.2, 0.25) is 0 Å². The van der Waals surface area contributed by atoms with Gasteiger partial charge in [-0.3, -0.25) is 4.79 Å². The fourth-order valence-corrected chi connectivity index (χ4v) is 2.00. The Kier molecular flexibility index (Phi) is 6.20. The van der Waals surface area contributed by atoms with Crippen molar-refractivity contribution >= 4 is 11.6 Å². The van der Waals surface area contributed by atoms with Crippen LogP contribution in [0.4, 0.5) is 5.69 Å². The Morgan fingerprint density at radius 2 is 1.85 bits per heavy atom. The monoisotopic (exact) mass is 274 g/mol. The van der Waals surface area contributed by atoms with Gasteiger partial charge >= 0.3 is 0 Å². The zero-order valence-electron chi connectivity index (χ0n) is 12.5. The SMILES string of the molecule is CC(C)CC(C)OC(C)C(=O)Nc1ccc(C#N)cc1. The van der Waals surface area contributed by atoms with Gasteiger partial charge in [-0.15, -0.1) is 0 Å². The van der Waals surface area contributed by atoms with Gasteiger partial charge in [0.15, 0.2) is 0 Å². The topological polar surface area (TPSA) is 62.1 Å². The predicted octanol–water partition coefficient (Wildman–Crippen LogP) is 3.34. The van der Waals surface area contributed by atoms with Crippen LogP contribution in [0.15, 0.2) is 24.3 Å². The Morgan fingerprint density at radius 3 is 2.35 bits per heavy atom. The van der Waals surface area contributed by atoms with Crippen LogP contribution < -0.4 is 5.32 Å². The maximum Gasteiger partial charge on any atom is 0.253 e. The molecule has 20 heavy (non-hydrogen) atoms. The summed E-state index contributed by atoms with van der Waals surface area (Å²) in [6.45, 7) is 7.98. The third kappa shape index (κ3) is 5.41. The van der Waals surface area contributed by atoms with E-state index in [4.69, 9.17) is 10.00 Å². The van der Waals surface area contributed by atoms with Crippen LogP contribution in [0.25, 0.3) is 0 Å². The first-order chi connectivity index (χ1) is 9.42. The van der Waals surface area contributed by atoms with E-state index in [0.717, 1.165) is 6.42 Å². The van der Waals surface area contributed by atoms with Gasteiger partial charge in [0.25, 0.3) is 5.91 Å². The standard InChI is InChI=1S/C16H22N2O2/c1-11(2)9-12(3)20-13(4)16(19)18-15-7-5-14(10-17)6-8-15/h5-8,11-13H,9H2,1-4H3,(H,18,19). The lowest BCUT2D eigenvalue weighted by Crippen LogP contribution is -2.31. The number of rotatable bonds is 6. The molecule has 0 aliphatic heterocycles. The van der Waals surface area contributed by atoms with Crippen molar-refractivity contribution in [2.45, 2.75) is 46.3 Å². The first-order valence-electron chi connectivity index (χ1n) is 6.89. The fraction of sp³-hybridized carbons (Fsp3) is 0.500. The molecule has 0 radical (unpaired) electrons. The Hall–Kier alpha value is -1.86. The second-order valence-electron chi connectivity index (χ2n) is 5.40. The molecular formula is C16H22N2O2. The molecule has 0 aliphatic rings. The molecular weight excluding hydrogens is 252 g/mol. The first kappa shape index (κ1) is 16.2. The molecule has 0 heterocycles. The Balaban J connectivity index is 2.50. The molecule has 1 rings (SSSR count). The van der Waals surface area contributed by atoms with Crippen LogP contribution in [0.1, 0.15) is 39.7 Å². The lowest BCUT2D eigenvalue weighted by molar-refractivity contribution is -0.129.